The Kier molecular flexibility index (Phi) is 9.78. The number of fused-ring (bicyclic) bond motifs is 1. The van der Waals surface area contributed by atoms with Crippen LogP contribution in [0.3, 0.4) is 0 Å². The Hall–Kier alpha value is -1.28. The number of para-hydroxylation sites is 1. The molecule has 0 spiro atoms. The number of aliphatic imine (C=N–C) groups is 1. The van der Waals surface area contributed by atoms with Crippen LogP contribution in [0.15, 0.2) is 35.5 Å². The second-order valence-corrected chi connectivity index (χ2v) is 5.81. The number of ether oxygens (including phenoxy) is 1. The van der Waals surface area contributed by atoms with Gasteiger partial charge in [0.2, 0.25) is 0 Å². The third-order valence-corrected chi connectivity index (χ3v) is 3.65. The lowest BCUT2D eigenvalue weighted by atomic mass is 10.1. The molecule has 24 heavy (non-hydrogen) atoms. The summed E-state index contributed by atoms with van der Waals surface area (Å²) in [4.78, 5) is 7.56. The number of hydrogen-bond acceptors (Lipinski definition) is 2. The van der Waals surface area contributed by atoms with Crippen molar-refractivity contribution >= 4 is 40.8 Å². The molecule has 0 amide bonds. The molecule has 3 N–H and O–H groups in total. The number of nitrogens with zero attached hydrogens (tertiary/aromatic N) is 1. The van der Waals surface area contributed by atoms with Crippen LogP contribution in [-0.4, -0.2) is 43.8 Å². The Morgan fingerprint density at radius 3 is 2.71 bits per heavy atom. The van der Waals surface area contributed by atoms with Crippen LogP contribution in [0.1, 0.15) is 25.8 Å². The van der Waals surface area contributed by atoms with Gasteiger partial charge >= 0.3 is 0 Å². The van der Waals surface area contributed by atoms with Crippen LogP contribution in [-0.2, 0) is 11.2 Å². The lowest BCUT2D eigenvalue weighted by Crippen LogP contribution is -2.39. The first-order valence-electron chi connectivity index (χ1n) is 8.32. The van der Waals surface area contributed by atoms with Crippen molar-refractivity contribution in [2.45, 2.75) is 32.8 Å². The highest BCUT2D eigenvalue weighted by molar-refractivity contribution is 14.0. The van der Waals surface area contributed by atoms with Crippen molar-refractivity contribution in [3.63, 3.8) is 0 Å². The zero-order chi connectivity index (χ0) is 16.5. The van der Waals surface area contributed by atoms with Crippen molar-refractivity contribution in [3.8, 4) is 0 Å². The van der Waals surface area contributed by atoms with Gasteiger partial charge in [-0.2, -0.15) is 0 Å². The number of H-pyrrole nitrogens is 1. The molecule has 5 nitrogen and oxygen atoms in total. The zero-order valence-corrected chi connectivity index (χ0v) is 17.1. The van der Waals surface area contributed by atoms with Gasteiger partial charge in [-0.15, -0.1) is 24.0 Å². The fourth-order valence-corrected chi connectivity index (χ4v) is 2.47. The number of aromatic nitrogens is 1. The van der Waals surface area contributed by atoms with E-state index in [1.165, 1.54) is 16.5 Å². The van der Waals surface area contributed by atoms with E-state index in [0.717, 1.165) is 38.5 Å². The maximum atomic E-state index is 5.52. The Labute approximate surface area is 161 Å². The summed E-state index contributed by atoms with van der Waals surface area (Å²) >= 11 is 0. The van der Waals surface area contributed by atoms with Gasteiger partial charge in [0.1, 0.15) is 0 Å². The molecule has 1 aromatic heterocycles. The van der Waals surface area contributed by atoms with Gasteiger partial charge in [-0.3, -0.25) is 4.99 Å². The number of rotatable bonds is 8. The summed E-state index contributed by atoms with van der Waals surface area (Å²) in [6.07, 6.45) is 4.32. The number of halogens is 1. The van der Waals surface area contributed by atoms with E-state index < -0.39 is 0 Å². The molecule has 2 aromatic rings. The van der Waals surface area contributed by atoms with Gasteiger partial charge in [0, 0.05) is 43.8 Å². The summed E-state index contributed by atoms with van der Waals surface area (Å²) in [5.74, 6) is 0.842. The highest BCUT2D eigenvalue weighted by Crippen LogP contribution is 2.17. The third kappa shape index (κ3) is 6.68. The normalized spacial score (nSPS) is 11.6. The third-order valence-electron chi connectivity index (χ3n) is 3.65. The molecule has 0 aliphatic carbocycles. The van der Waals surface area contributed by atoms with E-state index in [2.05, 4.69) is 64.9 Å². The summed E-state index contributed by atoms with van der Waals surface area (Å²) in [6.45, 7) is 6.59. The average Bonchev–Trinajstić information content (AvgIpc) is 2.96. The first-order chi connectivity index (χ1) is 11.2. The van der Waals surface area contributed by atoms with Crippen molar-refractivity contribution in [3.05, 3.63) is 36.0 Å². The van der Waals surface area contributed by atoms with Gasteiger partial charge in [0.25, 0.3) is 0 Å². The summed E-state index contributed by atoms with van der Waals surface area (Å²) < 4.78 is 5.52. The van der Waals surface area contributed by atoms with Crippen molar-refractivity contribution in [2.75, 3.05) is 26.7 Å². The van der Waals surface area contributed by atoms with Gasteiger partial charge in [0.05, 0.1) is 6.10 Å². The van der Waals surface area contributed by atoms with Crippen LogP contribution in [0.4, 0.5) is 0 Å². The molecule has 6 heteroatoms. The van der Waals surface area contributed by atoms with Crippen molar-refractivity contribution in [1.29, 1.82) is 0 Å². The van der Waals surface area contributed by atoms with Gasteiger partial charge in [0.15, 0.2) is 5.96 Å². The van der Waals surface area contributed by atoms with Gasteiger partial charge < -0.3 is 20.4 Å². The molecule has 1 aromatic carbocycles. The van der Waals surface area contributed by atoms with Crippen molar-refractivity contribution in [1.82, 2.24) is 15.6 Å². The molecule has 2 rings (SSSR count). The molecular formula is C18H29IN4O. The summed E-state index contributed by atoms with van der Waals surface area (Å²) in [6, 6.07) is 8.39. The maximum Gasteiger partial charge on any atom is 0.190 e. The largest absolute Gasteiger partial charge is 0.379 e. The lowest BCUT2D eigenvalue weighted by molar-refractivity contribution is 0.0776. The minimum atomic E-state index is 0. The van der Waals surface area contributed by atoms with Gasteiger partial charge in [-0.25, -0.2) is 0 Å². The molecule has 134 valence electrons. The second-order valence-electron chi connectivity index (χ2n) is 5.81. The number of nitrogens with one attached hydrogen (secondary N) is 3. The number of aromatic amines is 1. The molecule has 0 aliphatic rings. The van der Waals surface area contributed by atoms with Crippen LogP contribution < -0.4 is 10.6 Å². The number of hydrogen-bond donors (Lipinski definition) is 3. The van der Waals surface area contributed by atoms with E-state index >= 15 is 0 Å². The standard InChI is InChI=1S/C18H28N4O.HI/c1-14(2)23-12-6-10-20-18(19-3)21-11-9-15-13-22-17-8-5-4-7-16(15)17;/h4-5,7-8,13-14,22H,6,9-12H2,1-3H3,(H2,19,20,21);1H. The molecule has 1 heterocycles. The molecule has 0 fully saturated rings. The number of guanidine groups is 1. The van der Waals surface area contributed by atoms with Crippen LogP contribution in [0.2, 0.25) is 0 Å². The van der Waals surface area contributed by atoms with Crippen LogP contribution >= 0.6 is 24.0 Å². The topological polar surface area (TPSA) is 61.4 Å². The molecule has 0 atom stereocenters. The van der Waals surface area contributed by atoms with E-state index in [1.807, 2.05) is 0 Å². The van der Waals surface area contributed by atoms with E-state index in [-0.39, 0.29) is 24.0 Å². The predicted molar refractivity (Wildman–Crippen MR) is 112 cm³/mol. The molecule has 0 saturated carbocycles. The Morgan fingerprint density at radius 2 is 1.96 bits per heavy atom. The van der Waals surface area contributed by atoms with Gasteiger partial charge in [-0.05, 0) is 38.3 Å². The van der Waals surface area contributed by atoms with Crippen LogP contribution in [0, 0.1) is 0 Å². The van der Waals surface area contributed by atoms with E-state index in [9.17, 15) is 0 Å². The molecule has 0 radical (unpaired) electrons. The summed E-state index contributed by atoms with van der Waals surface area (Å²) in [7, 11) is 1.80. The minimum Gasteiger partial charge on any atom is -0.379 e. The zero-order valence-electron chi connectivity index (χ0n) is 14.8. The minimum absolute atomic E-state index is 0. The molecular weight excluding hydrogens is 415 g/mol. The monoisotopic (exact) mass is 444 g/mol. The lowest BCUT2D eigenvalue weighted by Gasteiger charge is -2.12. The molecule has 0 saturated heterocycles. The highest BCUT2D eigenvalue weighted by Gasteiger charge is 2.03. The molecule has 0 aliphatic heterocycles. The summed E-state index contributed by atoms with van der Waals surface area (Å²) in [5, 5.41) is 7.96. The Morgan fingerprint density at radius 1 is 1.21 bits per heavy atom. The second kappa shape index (κ2) is 11.3. The molecule has 0 bridgehead atoms. The molecule has 0 unspecified atom stereocenters. The predicted octanol–water partition coefficient (Wildman–Crippen LogP) is 3.31. The van der Waals surface area contributed by atoms with E-state index in [1.54, 1.807) is 7.05 Å². The van der Waals surface area contributed by atoms with E-state index in [0.29, 0.717) is 6.10 Å². The fourth-order valence-electron chi connectivity index (χ4n) is 2.47. The van der Waals surface area contributed by atoms with Gasteiger partial charge in [-0.1, -0.05) is 18.2 Å². The Bertz CT molecular complexity index is 624. The fraction of sp³-hybridized carbons (Fsp3) is 0.500. The highest BCUT2D eigenvalue weighted by atomic mass is 127. The SMILES string of the molecule is CN=C(NCCCOC(C)C)NCCc1c[nH]c2ccccc12.I. The Balaban J connectivity index is 0.00000288. The van der Waals surface area contributed by atoms with Crippen molar-refractivity contribution in [2.24, 2.45) is 4.99 Å². The smallest absolute Gasteiger partial charge is 0.190 e. The first kappa shape index (κ1) is 20.8. The van der Waals surface area contributed by atoms with Crippen molar-refractivity contribution < 1.29 is 4.74 Å². The summed E-state index contributed by atoms with van der Waals surface area (Å²) in [5.41, 5.74) is 2.52. The first-order valence-corrected chi connectivity index (χ1v) is 8.32. The van der Waals surface area contributed by atoms with Crippen LogP contribution in [0.5, 0.6) is 0 Å². The van der Waals surface area contributed by atoms with Crippen LogP contribution in [0.25, 0.3) is 10.9 Å². The van der Waals surface area contributed by atoms with E-state index in [4.69, 9.17) is 4.74 Å². The average molecular weight is 444 g/mol. The maximum absolute atomic E-state index is 5.52. The quantitative estimate of drug-likeness (QED) is 0.254. The number of benzene rings is 1.